The van der Waals surface area contributed by atoms with Gasteiger partial charge in [0, 0.05) is 11.4 Å². The molecule has 0 spiro atoms. The number of alkyl halides is 3. The quantitative estimate of drug-likeness (QED) is 0.552. The molecule has 3 N–H and O–H groups in total. The average Bonchev–Trinajstić information content (AvgIpc) is 1.97. The molecule has 0 aliphatic heterocycles. The van der Waals surface area contributed by atoms with Gasteiger partial charge in [-0.15, -0.1) is 0 Å². The first-order valence-electron chi connectivity index (χ1n) is 3.83. The fourth-order valence-electron chi connectivity index (χ4n) is 0.981. The van der Waals surface area contributed by atoms with E-state index in [1.807, 2.05) is 0 Å². The summed E-state index contributed by atoms with van der Waals surface area (Å²) in [6.45, 7) is -1.10. The number of hydrogen-bond acceptors (Lipinski definition) is 2. The largest absolute Gasteiger partial charge is 0.405 e. The highest BCUT2D eigenvalue weighted by molar-refractivity contribution is 6.33. The van der Waals surface area contributed by atoms with Crippen molar-refractivity contribution in [3.63, 3.8) is 0 Å². The first kappa shape index (κ1) is 10.8. The van der Waals surface area contributed by atoms with Crippen LogP contribution in [-0.4, -0.2) is 20.6 Å². The van der Waals surface area contributed by atoms with Crippen molar-refractivity contribution in [3.8, 4) is 0 Å². The fraction of sp³-hybridized carbons (Fsp3) is 0.250. The van der Waals surface area contributed by atoms with Gasteiger partial charge in [-0.3, -0.25) is 0 Å². The van der Waals surface area contributed by atoms with E-state index in [1.54, 1.807) is 0 Å². The van der Waals surface area contributed by atoms with Crippen LogP contribution in [0.25, 0.3) is 0 Å². The molecular weight excluding hydrogens is 192 g/mol. The lowest BCUT2D eigenvalue weighted by Crippen LogP contribution is -2.22. The SMILES string of the molecule is [B]c1cc(N)cc(NCC(F)(F)F)c1. The molecule has 0 unspecified atom stereocenters. The highest BCUT2D eigenvalue weighted by Gasteiger charge is 2.26. The predicted octanol–water partition coefficient (Wildman–Crippen LogP) is 1.04. The molecule has 0 aliphatic rings. The number of rotatable bonds is 2. The monoisotopic (exact) mass is 200 g/mol. The molecule has 0 amide bonds. The van der Waals surface area contributed by atoms with Crippen LogP contribution in [-0.2, 0) is 0 Å². The number of benzene rings is 1. The lowest BCUT2D eigenvalue weighted by molar-refractivity contribution is -0.115. The molecule has 0 atom stereocenters. The summed E-state index contributed by atoms with van der Waals surface area (Å²) in [6.07, 6.45) is -4.25. The average molecular weight is 200 g/mol. The van der Waals surface area contributed by atoms with Gasteiger partial charge in [-0.25, -0.2) is 0 Å². The molecule has 2 nitrogen and oxygen atoms in total. The molecule has 0 aliphatic carbocycles. The molecular formula is C8H8BF3N2. The zero-order valence-electron chi connectivity index (χ0n) is 7.23. The van der Waals surface area contributed by atoms with Crippen LogP contribution in [0.2, 0.25) is 0 Å². The van der Waals surface area contributed by atoms with E-state index in [-0.39, 0.29) is 5.69 Å². The lowest BCUT2D eigenvalue weighted by atomic mass is 9.95. The summed E-state index contributed by atoms with van der Waals surface area (Å²) in [6, 6.07) is 4.25. The Labute approximate surface area is 80.7 Å². The van der Waals surface area contributed by atoms with E-state index in [9.17, 15) is 13.2 Å². The van der Waals surface area contributed by atoms with E-state index in [0.717, 1.165) is 0 Å². The van der Waals surface area contributed by atoms with Crippen LogP contribution in [0.3, 0.4) is 0 Å². The molecule has 0 saturated heterocycles. The second kappa shape index (κ2) is 3.81. The summed E-state index contributed by atoms with van der Waals surface area (Å²) >= 11 is 0. The number of halogens is 3. The Morgan fingerprint density at radius 3 is 2.43 bits per heavy atom. The molecule has 1 aromatic rings. The molecule has 74 valence electrons. The van der Waals surface area contributed by atoms with E-state index in [2.05, 4.69) is 5.32 Å². The Balaban J connectivity index is 2.68. The van der Waals surface area contributed by atoms with Gasteiger partial charge in [-0.05, 0) is 18.2 Å². The molecule has 0 heterocycles. The van der Waals surface area contributed by atoms with Crippen molar-refractivity contribution in [2.75, 3.05) is 17.6 Å². The predicted molar refractivity (Wildman–Crippen MR) is 50.8 cm³/mol. The minimum absolute atomic E-state index is 0.264. The van der Waals surface area contributed by atoms with Crippen molar-refractivity contribution in [2.45, 2.75) is 6.18 Å². The standard InChI is InChI=1S/C8H8BF3N2/c9-5-1-6(13)3-7(2-5)14-4-8(10,11)12/h1-3,14H,4,13H2. The minimum atomic E-state index is -4.25. The second-order valence-electron chi connectivity index (χ2n) is 2.86. The Bertz CT molecular complexity index is 305. The van der Waals surface area contributed by atoms with E-state index in [1.165, 1.54) is 18.2 Å². The van der Waals surface area contributed by atoms with Crippen LogP contribution in [0, 0.1) is 0 Å². The summed E-state index contributed by atoms with van der Waals surface area (Å²) in [7, 11) is 5.40. The Morgan fingerprint density at radius 2 is 1.93 bits per heavy atom. The molecule has 0 fully saturated rings. The third-order valence-corrected chi connectivity index (χ3v) is 1.47. The summed E-state index contributed by atoms with van der Waals surface area (Å²) < 4.78 is 35.5. The topological polar surface area (TPSA) is 38.0 Å². The van der Waals surface area contributed by atoms with E-state index in [4.69, 9.17) is 13.6 Å². The maximum absolute atomic E-state index is 11.8. The van der Waals surface area contributed by atoms with Crippen LogP contribution in [0.1, 0.15) is 0 Å². The second-order valence-corrected chi connectivity index (χ2v) is 2.86. The van der Waals surface area contributed by atoms with Crippen molar-refractivity contribution in [3.05, 3.63) is 18.2 Å². The summed E-state index contributed by atoms with van der Waals surface area (Å²) in [5.41, 5.74) is 6.32. The van der Waals surface area contributed by atoms with E-state index < -0.39 is 12.7 Å². The molecule has 0 saturated carbocycles. The van der Waals surface area contributed by atoms with Crippen LogP contribution in [0.5, 0.6) is 0 Å². The zero-order chi connectivity index (χ0) is 10.8. The van der Waals surface area contributed by atoms with Crippen LogP contribution >= 0.6 is 0 Å². The van der Waals surface area contributed by atoms with Crippen molar-refractivity contribution < 1.29 is 13.2 Å². The number of nitrogen functional groups attached to an aromatic ring is 1. The third kappa shape index (κ3) is 3.59. The first-order chi connectivity index (χ1) is 6.37. The fourth-order valence-corrected chi connectivity index (χ4v) is 0.981. The Kier molecular flexibility index (Phi) is 2.93. The normalized spacial score (nSPS) is 11.4. The smallest absolute Gasteiger partial charge is 0.399 e. The summed E-state index contributed by atoms with van der Waals surface area (Å²) in [4.78, 5) is 0. The van der Waals surface area contributed by atoms with Gasteiger partial charge in [0.05, 0.1) is 0 Å². The number of hydrogen-bond donors (Lipinski definition) is 2. The van der Waals surface area contributed by atoms with E-state index >= 15 is 0 Å². The summed E-state index contributed by atoms with van der Waals surface area (Å²) in [5.74, 6) is 0. The van der Waals surface area contributed by atoms with Crippen LogP contribution in [0.15, 0.2) is 18.2 Å². The number of anilines is 2. The third-order valence-electron chi connectivity index (χ3n) is 1.47. The van der Waals surface area contributed by atoms with Gasteiger partial charge >= 0.3 is 6.18 Å². The molecule has 1 aromatic carbocycles. The van der Waals surface area contributed by atoms with Crippen molar-refractivity contribution in [1.29, 1.82) is 0 Å². The molecule has 0 bridgehead atoms. The van der Waals surface area contributed by atoms with Gasteiger partial charge in [0.15, 0.2) is 0 Å². The van der Waals surface area contributed by atoms with Crippen molar-refractivity contribution >= 4 is 24.7 Å². The number of nitrogens with one attached hydrogen (secondary N) is 1. The van der Waals surface area contributed by atoms with Crippen LogP contribution < -0.4 is 16.5 Å². The maximum atomic E-state index is 11.8. The van der Waals surface area contributed by atoms with Gasteiger partial charge in [0.2, 0.25) is 0 Å². The van der Waals surface area contributed by atoms with Crippen LogP contribution in [0.4, 0.5) is 24.5 Å². The molecule has 2 radical (unpaired) electrons. The highest BCUT2D eigenvalue weighted by atomic mass is 19.4. The van der Waals surface area contributed by atoms with E-state index in [0.29, 0.717) is 11.2 Å². The van der Waals surface area contributed by atoms with Gasteiger partial charge in [0.25, 0.3) is 0 Å². The van der Waals surface area contributed by atoms with Crippen molar-refractivity contribution in [2.24, 2.45) is 0 Å². The molecule has 6 heteroatoms. The lowest BCUT2D eigenvalue weighted by Gasteiger charge is -2.10. The molecule has 1 rings (SSSR count). The van der Waals surface area contributed by atoms with Gasteiger partial charge in [-0.2, -0.15) is 13.2 Å². The summed E-state index contributed by atoms with van der Waals surface area (Å²) in [5, 5.41) is 2.18. The van der Waals surface area contributed by atoms with Gasteiger partial charge in [0.1, 0.15) is 14.4 Å². The van der Waals surface area contributed by atoms with Gasteiger partial charge < -0.3 is 11.1 Å². The Hall–Kier alpha value is -1.33. The number of nitrogens with two attached hydrogens (primary N) is 1. The molecule has 14 heavy (non-hydrogen) atoms. The molecule has 0 aromatic heterocycles. The Morgan fingerprint density at radius 1 is 1.29 bits per heavy atom. The first-order valence-corrected chi connectivity index (χ1v) is 3.83. The zero-order valence-corrected chi connectivity index (χ0v) is 7.23. The van der Waals surface area contributed by atoms with Gasteiger partial charge in [-0.1, -0.05) is 5.46 Å². The maximum Gasteiger partial charge on any atom is 0.405 e. The minimum Gasteiger partial charge on any atom is -0.399 e. The van der Waals surface area contributed by atoms with Crippen molar-refractivity contribution in [1.82, 2.24) is 0 Å². The highest BCUT2D eigenvalue weighted by Crippen LogP contribution is 2.17.